The molecule has 2 unspecified atom stereocenters. The molecule has 10 aromatic rings. The Morgan fingerprint density at radius 1 is 0.473 bits per heavy atom. The minimum absolute atomic E-state index is 0.0714. The summed E-state index contributed by atoms with van der Waals surface area (Å²) >= 11 is 0. The molecule has 256 valence electrons. The van der Waals surface area contributed by atoms with Crippen molar-refractivity contribution in [2.45, 2.75) is 19.9 Å². The zero-order valence-electron chi connectivity index (χ0n) is 30.7. The van der Waals surface area contributed by atoms with E-state index >= 15 is 0 Å². The van der Waals surface area contributed by atoms with Gasteiger partial charge in [0.1, 0.15) is 0 Å². The van der Waals surface area contributed by atoms with Crippen LogP contribution in [-0.4, -0.2) is 15.8 Å². The molecule has 2 aliphatic heterocycles. The van der Waals surface area contributed by atoms with Crippen molar-refractivity contribution in [2.24, 2.45) is 5.92 Å². The van der Waals surface area contributed by atoms with Crippen LogP contribution in [0, 0.1) is 12.8 Å². The molecule has 0 saturated carbocycles. The van der Waals surface area contributed by atoms with Gasteiger partial charge in [0.05, 0.1) is 17.1 Å². The Balaban J connectivity index is 1.24. The summed E-state index contributed by atoms with van der Waals surface area (Å²) in [6.45, 7) is 4.70. The standard InChI is InChI=1S/C52H35BN2/c1-30-26-39-33-19-12-21-37-48(33)41(28-46-50(37)35-17-7-10-24-44(35)54(46)32-15-4-3-5-16-32)53-42-29-47-51(38-22-13-20-34(49(38)42)40(27-30)52(39)53)36-18-8-11-25-45(36)55(47)43-23-9-6-14-31(43)2/h3-29,31,43H,1-2H3. The zero-order valence-corrected chi connectivity index (χ0v) is 30.7. The van der Waals surface area contributed by atoms with E-state index in [2.05, 4.69) is 187 Å². The lowest BCUT2D eigenvalue weighted by molar-refractivity contribution is 0.510. The molecule has 2 aromatic heterocycles. The highest BCUT2D eigenvalue weighted by Crippen LogP contribution is 2.46. The summed E-state index contributed by atoms with van der Waals surface area (Å²) < 4.78 is 5.14. The third kappa shape index (κ3) is 3.71. The monoisotopic (exact) mass is 698 g/mol. The van der Waals surface area contributed by atoms with E-state index in [9.17, 15) is 0 Å². The van der Waals surface area contributed by atoms with Crippen LogP contribution < -0.4 is 16.4 Å². The maximum absolute atomic E-state index is 2.65. The molecule has 0 saturated heterocycles. The van der Waals surface area contributed by atoms with Crippen LogP contribution in [0.5, 0.6) is 0 Å². The van der Waals surface area contributed by atoms with Crippen LogP contribution in [0.25, 0.3) is 93.1 Å². The normalized spacial score (nSPS) is 16.7. The average molecular weight is 699 g/mol. The Morgan fingerprint density at radius 2 is 1.04 bits per heavy atom. The van der Waals surface area contributed by atoms with E-state index in [0.29, 0.717) is 5.92 Å². The fourth-order valence-corrected chi connectivity index (χ4v) is 11.1. The highest BCUT2D eigenvalue weighted by atomic mass is 15.0. The van der Waals surface area contributed by atoms with Gasteiger partial charge in [-0.15, -0.1) is 0 Å². The molecule has 2 atom stereocenters. The maximum Gasteiger partial charge on any atom is 0.244 e. The molecule has 0 spiro atoms. The second-order valence-corrected chi connectivity index (χ2v) is 16.1. The lowest BCUT2D eigenvalue weighted by Crippen LogP contribution is -2.57. The number of aryl methyl sites for hydroxylation is 1. The van der Waals surface area contributed by atoms with Crippen molar-refractivity contribution in [2.75, 3.05) is 0 Å². The third-order valence-corrected chi connectivity index (χ3v) is 13.2. The van der Waals surface area contributed by atoms with Gasteiger partial charge in [0.25, 0.3) is 0 Å². The lowest BCUT2D eigenvalue weighted by Gasteiger charge is -2.35. The zero-order chi connectivity index (χ0) is 36.1. The maximum atomic E-state index is 2.65. The van der Waals surface area contributed by atoms with Crippen LogP contribution in [-0.2, 0) is 0 Å². The first-order chi connectivity index (χ1) is 27.2. The van der Waals surface area contributed by atoms with Crippen molar-refractivity contribution in [1.82, 2.24) is 9.13 Å². The lowest BCUT2D eigenvalue weighted by atomic mass is 9.31. The van der Waals surface area contributed by atoms with Crippen molar-refractivity contribution in [3.63, 3.8) is 0 Å². The fraction of sp³-hybridized carbons (Fsp3) is 0.0769. The van der Waals surface area contributed by atoms with Crippen LogP contribution in [0.2, 0.25) is 0 Å². The van der Waals surface area contributed by atoms with E-state index in [-0.39, 0.29) is 12.8 Å². The summed E-state index contributed by atoms with van der Waals surface area (Å²) in [5, 5.41) is 10.8. The first-order valence-electron chi connectivity index (χ1n) is 19.7. The molecular formula is C52H35BN2. The molecule has 4 heterocycles. The van der Waals surface area contributed by atoms with Gasteiger partial charge in [-0.3, -0.25) is 0 Å². The van der Waals surface area contributed by atoms with Gasteiger partial charge in [0, 0.05) is 38.3 Å². The second kappa shape index (κ2) is 10.6. The molecule has 8 aromatic carbocycles. The highest BCUT2D eigenvalue weighted by Gasteiger charge is 2.40. The van der Waals surface area contributed by atoms with Crippen molar-refractivity contribution >= 4 is 88.3 Å². The summed E-state index contributed by atoms with van der Waals surface area (Å²) in [5.74, 6) is 0.376. The quantitative estimate of drug-likeness (QED) is 0.159. The van der Waals surface area contributed by atoms with E-state index in [1.165, 1.54) is 115 Å². The Labute approximate surface area is 319 Å². The molecular weight excluding hydrogens is 663 g/mol. The molecule has 13 rings (SSSR count). The first-order valence-corrected chi connectivity index (χ1v) is 19.7. The van der Waals surface area contributed by atoms with Crippen molar-refractivity contribution in [3.8, 4) is 27.9 Å². The van der Waals surface area contributed by atoms with Crippen LogP contribution >= 0.6 is 0 Å². The minimum atomic E-state index is 0.0714. The van der Waals surface area contributed by atoms with Crippen LogP contribution in [0.4, 0.5) is 0 Å². The number of hydrogen-bond donors (Lipinski definition) is 0. The van der Waals surface area contributed by atoms with Gasteiger partial charge in [0.15, 0.2) is 0 Å². The van der Waals surface area contributed by atoms with Crippen LogP contribution in [0.1, 0.15) is 18.5 Å². The van der Waals surface area contributed by atoms with E-state index in [0.717, 1.165) is 0 Å². The van der Waals surface area contributed by atoms with E-state index < -0.39 is 0 Å². The third-order valence-electron chi connectivity index (χ3n) is 13.2. The fourth-order valence-electron chi connectivity index (χ4n) is 11.1. The van der Waals surface area contributed by atoms with Gasteiger partial charge in [-0.05, 0) is 98.6 Å². The van der Waals surface area contributed by atoms with E-state index in [1.807, 2.05) is 0 Å². The minimum Gasteiger partial charge on any atom is -0.333 e. The van der Waals surface area contributed by atoms with Gasteiger partial charge in [-0.2, -0.15) is 0 Å². The largest absolute Gasteiger partial charge is 0.333 e. The summed E-state index contributed by atoms with van der Waals surface area (Å²) in [6.07, 6.45) is 9.19. The van der Waals surface area contributed by atoms with E-state index in [1.54, 1.807) is 0 Å². The molecule has 3 heteroatoms. The van der Waals surface area contributed by atoms with E-state index in [4.69, 9.17) is 0 Å². The van der Waals surface area contributed by atoms with Gasteiger partial charge >= 0.3 is 0 Å². The summed E-state index contributed by atoms with van der Waals surface area (Å²) in [5.41, 5.74) is 17.4. The number of allylic oxidation sites excluding steroid dienone is 4. The number of nitrogens with zero attached hydrogens (tertiary/aromatic N) is 2. The number of benzene rings is 8. The SMILES string of the molecule is Cc1cc2c3c(c1)-c1cccc4c1c(cc1c4c4ccccc4n1C1C=CC=CC1C)B3c1cc3c(c4cccc-2c14)c1ccccc1n3-c1ccccc1. The Kier molecular flexibility index (Phi) is 5.72. The van der Waals surface area contributed by atoms with Gasteiger partial charge in [-0.1, -0.05) is 151 Å². The molecule has 0 N–H and O–H groups in total. The highest BCUT2D eigenvalue weighted by molar-refractivity contribution is 7.01. The Hall–Kier alpha value is -6.58. The molecule has 0 radical (unpaired) electrons. The number of para-hydroxylation sites is 3. The van der Waals surface area contributed by atoms with Crippen LogP contribution in [0.3, 0.4) is 0 Å². The summed E-state index contributed by atoms with van der Waals surface area (Å²) in [4.78, 5) is 0. The Bertz CT molecular complexity index is 3410. The van der Waals surface area contributed by atoms with Gasteiger partial charge in [-0.25, -0.2) is 0 Å². The van der Waals surface area contributed by atoms with Gasteiger partial charge in [0.2, 0.25) is 6.71 Å². The van der Waals surface area contributed by atoms with Gasteiger partial charge < -0.3 is 9.13 Å². The molecule has 0 fully saturated rings. The predicted molar refractivity (Wildman–Crippen MR) is 236 cm³/mol. The van der Waals surface area contributed by atoms with Crippen LogP contribution in [0.15, 0.2) is 164 Å². The number of hydrogen-bond acceptors (Lipinski definition) is 0. The van der Waals surface area contributed by atoms with Crippen molar-refractivity contribution in [3.05, 3.63) is 169 Å². The summed E-state index contributed by atoms with van der Waals surface area (Å²) in [6, 6.07) is 53.4. The van der Waals surface area contributed by atoms with Crippen molar-refractivity contribution < 1.29 is 0 Å². The molecule has 0 bridgehead atoms. The molecule has 1 aliphatic carbocycles. The number of aromatic nitrogens is 2. The first kappa shape index (κ1) is 29.8. The average Bonchev–Trinajstić information content (AvgIpc) is 3.74. The molecule has 0 amide bonds. The predicted octanol–water partition coefficient (Wildman–Crippen LogP) is 11.3. The number of fused-ring (bicyclic) bond motifs is 12. The van der Waals surface area contributed by atoms with Crippen molar-refractivity contribution in [1.29, 1.82) is 0 Å². The molecule has 55 heavy (non-hydrogen) atoms. The second-order valence-electron chi connectivity index (χ2n) is 16.1. The number of rotatable bonds is 2. The Morgan fingerprint density at radius 3 is 1.73 bits per heavy atom. The summed E-state index contributed by atoms with van der Waals surface area (Å²) in [7, 11) is 0. The topological polar surface area (TPSA) is 9.86 Å². The molecule has 3 aliphatic rings. The smallest absolute Gasteiger partial charge is 0.244 e. The molecule has 2 nitrogen and oxygen atoms in total.